The van der Waals surface area contributed by atoms with E-state index in [1.54, 1.807) is 0 Å². The maximum Gasteiger partial charge on any atom is 0.256 e. The number of fused-ring (bicyclic) bond motifs is 6. The fourth-order valence-electron chi connectivity index (χ4n) is 15.2. The summed E-state index contributed by atoms with van der Waals surface area (Å²) in [5.74, 6) is 1.66. The molecule has 3 aliphatic rings. The van der Waals surface area contributed by atoms with E-state index in [0.29, 0.717) is 0 Å². The topological polar surface area (TPSA) is 19.0 Å². The van der Waals surface area contributed by atoms with Crippen LogP contribution < -0.4 is 52.2 Å². The Kier molecular flexibility index (Phi) is 14.7. The van der Waals surface area contributed by atoms with E-state index >= 15 is 0 Å². The minimum absolute atomic E-state index is 0.235. The van der Waals surface area contributed by atoms with Gasteiger partial charge in [0.1, 0.15) is 11.5 Å². The smallest absolute Gasteiger partial charge is 0.256 e. The quantitative estimate of drug-likeness (QED) is 0.107. The third kappa shape index (κ3) is 10.3. The highest BCUT2D eigenvalue weighted by Gasteiger charge is 2.46. The Hall–Kier alpha value is -12.0. The lowest BCUT2D eigenvalue weighted by Crippen LogP contribution is -2.62. The first-order valence-electron chi connectivity index (χ1n) is 33.3. The molecule has 15 aromatic rings. The number of rotatable bonds is 13. The van der Waals surface area contributed by atoms with Gasteiger partial charge < -0.3 is 19.4 Å². The second-order valence-electron chi connectivity index (χ2n) is 25.0. The molecule has 97 heavy (non-hydrogen) atoms. The van der Waals surface area contributed by atoms with Crippen molar-refractivity contribution in [3.8, 4) is 67.1 Å². The van der Waals surface area contributed by atoms with E-state index in [9.17, 15) is 0 Å². The average Bonchev–Trinajstić information content (AvgIpc) is 0.695. The van der Waals surface area contributed by atoms with E-state index in [2.05, 4.69) is 385 Å². The molecule has 7 heteroatoms. The first-order chi connectivity index (χ1) is 48.1. The van der Waals surface area contributed by atoms with Gasteiger partial charge in [-0.15, -0.1) is 0 Å². The molecule has 454 valence electrons. The van der Waals surface area contributed by atoms with Crippen molar-refractivity contribution in [2.45, 2.75) is 9.79 Å². The molecule has 0 atom stereocenters. The molecule has 4 nitrogen and oxygen atoms in total. The number of para-hydroxylation sites is 5. The van der Waals surface area contributed by atoms with Crippen LogP contribution in [0.2, 0.25) is 0 Å². The molecule has 0 N–H and O–H groups in total. The zero-order valence-corrected chi connectivity index (χ0v) is 53.8. The third-order valence-electron chi connectivity index (χ3n) is 19.4. The molecule has 0 amide bonds. The molecule has 0 unspecified atom stereocenters. The van der Waals surface area contributed by atoms with Crippen LogP contribution in [-0.2, 0) is 0 Å². The van der Waals surface area contributed by atoms with Crippen molar-refractivity contribution in [2.24, 2.45) is 0 Å². The number of nitrogens with zero attached hydrogens (tertiary/aromatic N) is 3. The maximum atomic E-state index is 7.50. The van der Waals surface area contributed by atoms with Gasteiger partial charge in [-0.3, -0.25) is 0 Å². The standard InChI is InChI=1S/C90H61B2N3OS/c1-10-31-62(32-11-1)67-55-76(65-37-16-4-17-38-65)90(77(56-67)66-39-18-5-19-40-66)95-82-61-87-81(60-80(82)91-78-51-28-29-52-84(78)96-85-58-73(57-83(95)89(85)91)94(70-45-24-8-25-46-70)71-47-26-9-27-48-71)92(88-74(63-33-12-2-13-34-63)49-30-50-75(88)64-35-14-3-15-36-64)79-54-53-72(59-86(79)97-87)93(68-41-20-6-21-42-68)69-43-22-7-23-44-69/h1-61H. The second-order valence-corrected chi connectivity index (χ2v) is 26.1. The molecule has 15 aromatic carbocycles. The molecule has 0 fully saturated rings. The van der Waals surface area contributed by atoms with Gasteiger partial charge in [0.15, 0.2) is 0 Å². The van der Waals surface area contributed by atoms with Crippen LogP contribution in [0, 0.1) is 0 Å². The van der Waals surface area contributed by atoms with Gasteiger partial charge in [0.05, 0.1) is 11.4 Å². The highest BCUT2D eigenvalue weighted by atomic mass is 32.2. The Balaban J connectivity index is 0.980. The van der Waals surface area contributed by atoms with E-state index < -0.39 is 0 Å². The molecule has 18 rings (SSSR count). The van der Waals surface area contributed by atoms with Gasteiger partial charge in [-0.05, 0) is 152 Å². The van der Waals surface area contributed by atoms with Gasteiger partial charge in [0.25, 0.3) is 6.71 Å². The number of hydrogen-bond acceptors (Lipinski definition) is 5. The van der Waals surface area contributed by atoms with Gasteiger partial charge in [-0.2, -0.15) is 0 Å². The Morgan fingerprint density at radius 3 is 1.18 bits per heavy atom. The van der Waals surface area contributed by atoms with E-state index in [0.717, 1.165) is 107 Å². The van der Waals surface area contributed by atoms with E-state index in [-0.39, 0.29) is 13.4 Å². The zero-order valence-electron chi connectivity index (χ0n) is 53.0. The first-order valence-corrected chi connectivity index (χ1v) is 34.1. The molecular weight excluding hydrogens is 1190 g/mol. The largest absolute Gasteiger partial charge is 0.458 e. The number of hydrogen-bond donors (Lipinski definition) is 0. The van der Waals surface area contributed by atoms with Crippen molar-refractivity contribution in [2.75, 3.05) is 14.7 Å². The van der Waals surface area contributed by atoms with Gasteiger partial charge in [-0.25, -0.2) is 0 Å². The molecule has 0 aliphatic carbocycles. The fraction of sp³-hybridized carbons (Fsp3) is 0. The van der Waals surface area contributed by atoms with Crippen molar-refractivity contribution in [1.82, 2.24) is 0 Å². The minimum Gasteiger partial charge on any atom is -0.458 e. The van der Waals surface area contributed by atoms with Gasteiger partial charge in [0, 0.05) is 66.8 Å². The lowest BCUT2D eigenvalue weighted by Gasteiger charge is -2.43. The van der Waals surface area contributed by atoms with Crippen molar-refractivity contribution in [1.29, 1.82) is 0 Å². The van der Waals surface area contributed by atoms with Crippen molar-refractivity contribution in [3.63, 3.8) is 0 Å². The van der Waals surface area contributed by atoms with Gasteiger partial charge >= 0.3 is 0 Å². The van der Waals surface area contributed by atoms with Crippen molar-refractivity contribution in [3.05, 3.63) is 370 Å². The number of benzene rings is 15. The number of ether oxygens (including phenoxy) is 1. The summed E-state index contributed by atoms with van der Waals surface area (Å²) in [4.78, 5) is 9.79. The molecule has 0 aromatic heterocycles. The summed E-state index contributed by atoms with van der Waals surface area (Å²) in [6.07, 6.45) is 0. The second kappa shape index (κ2) is 24.7. The molecule has 0 saturated heterocycles. The fourth-order valence-corrected chi connectivity index (χ4v) is 16.3. The predicted octanol–water partition coefficient (Wildman–Crippen LogP) is 20.3. The Morgan fingerprint density at radius 1 is 0.247 bits per heavy atom. The normalized spacial score (nSPS) is 12.3. The highest BCUT2D eigenvalue weighted by molar-refractivity contribution is 8.00. The lowest BCUT2D eigenvalue weighted by molar-refractivity contribution is 0.487. The lowest BCUT2D eigenvalue weighted by atomic mass is 9.31. The molecule has 0 spiro atoms. The van der Waals surface area contributed by atoms with E-state index in [1.165, 1.54) is 53.9 Å². The Morgan fingerprint density at radius 2 is 0.670 bits per heavy atom. The predicted molar refractivity (Wildman–Crippen MR) is 411 cm³/mol. The summed E-state index contributed by atoms with van der Waals surface area (Å²) < 4.78 is 7.50. The van der Waals surface area contributed by atoms with Crippen LogP contribution in [0.3, 0.4) is 0 Å². The van der Waals surface area contributed by atoms with Crippen LogP contribution in [0.5, 0.6) is 11.5 Å². The van der Waals surface area contributed by atoms with Gasteiger partial charge in [-0.1, -0.05) is 301 Å². The Labute approximate surface area is 571 Å². The average molecular weight is 1250 g/mol. The van der Waals surface area contributed by atoms with Crippen molar-refractivity contribution >= 4 is 109 Å². The molecule has 3 aliphatic heterocycles. The van der Waals surface area contributed by atoms with E-state index in [4.69, 9.17) is 4.74 Å². The number of anilines is 9. The maximum absolute atomic E-state index is 7.50. The van der Waals surface area contributed by atoms with Gasteiger partial charge in [0.2, 0.25) is 6.71 Å². The Bertz CT molecular complexity index is 5210. The summed E-state index contributed by atoms with van der Waals surface area (Å²) >= 11 is 1.89. The first kappa shape index (κ1) is 57.6. The van der Waals surface area contributed by atoms with Crippen LogP contribution in [0.25, 0.3) is 55.6 Å². The monoisotopic (exact) mass is 1250 g/mol. The summed E-state index contributed by atoms with van der Waals surface area (Å²) in [5, 5.41) is 0. The van der Waals surface area contributed by atoms with E-state index in [1.807, 2.05) is 11.8 Å². The van der Waals surface area contributed by atoms with Crippen LogP contribution >= 0.6 is 11.8 Å². The summed E-state index contributed by atoms with van der Waals surface area (Å²) in [7, 11) is 0. The van der Waals surface area contributed by atoms with Crippen LogP contribution in [0.4, 0.5) is 51.2 Å². The molecule has 0 bridgehead atoms. The molecule has 0 saturated carbocycles. The van der Waals surface area contributed by atoms with Crippen molar-refractivity contribution < 1.29 is 4.74 Å². The highest BCUT2D eigenvalue weighted by Crippen LogP contribution is 2.53. The summed E-state index contributed by atoms with van der Waals surface area (Å²) in [5.41, 5.74) is 28.2. The zero-order chi connectivity index (χ0) is 64.2. The molecular formula is C90H61B2N3OS. The SMILES string of the molecule is c1ccc(-c2cc(-c3ccccc3)c(N3c4cc5c(cc4B4c6ccccc6Oc6cc(N(c7ccccc7)c7ccccc7)cc3c64)B(c3c(-c4ccccc4)cccc3-c3ccccc3)c3ccc(N(c4ccccc4)c4ccccc4)cc3S5)c(-c3ccccc3)c2)cc1. The van der Waals surface area contributed by atoms with Crippen LogP contribution in [0.1, 0.15) is 0 Å². The summed E-state index contributed by atoms with van der Waals surface area (Å²) in [6, 6.07) is 136. The summed E-state index contributed by atoms with van der Waals surface area (Å²) in [6.45, 7) is -0.481. The molecule has 3 heterocycles. The minimum atomic E-state index is -0.246. The van der Waals surface area contributed by atoms with Crippen LogP contribution in [-0.4, -0.2) is 13.4 Å². The molecule has 0 radical (unpaired) electrons. The van der Waals surface area contributed by atoms with Crippen LogP contribution in [0.15, 0.2) is 380 Å². The third-order valence-corrected chi connectivity index (χ3v) is 20.5.